The van der Waals surface area contributed by atoms with Crippen molar-refractivity contribution in [2.75, 3.05) is 6.54 Å². The lowest BCUT2D eigenvalue weighted by molar-refractivity contribution is -0.692. The van der Waals surface area contributed by atoms with Crippen LogP contribution in [0.4, 0.5) is 5.69 Å². The van der Waals surface area contributed by atoms with Crippen LogP contribution in [-0.2, 0) is 0 Å². The molecule has 0 saturated heterocycles. The molecule has 6 nitrogen and oxygen atoms in total. The van der Waals surface area contributed by atoms with Crippen molar-refractivity contribution in [3.8, 4) is 0 Å². The molecule has 1 heterocycles. The summed E-state index contributed by atoms with van der Waals surface area (Å²) in [6, 6.07) is 10.2. The highest BCUT2D eigenvalue weighted by molar-refractivity contribution is 7.80. The van der Waals surface area contributed by atoms with Crippen LogP contribution in [0, 0.1) is 10.1 Å². The van der Waals surface area contributed by atoms with E-state index in [0.717, 1.165) is 0 Å². The summed E-state index contributed by atoms with van der Waals surface area (Å²) < 4.78 is 1.67. The molecule has 0 aliphatic rings. The van der Waals surface area contributed by atoms with Crippen LogP contribution in [0.25, 0.3) is 0 Å². The fourth-order valence-corrected chi connectivity index (χ4v) is 2.49. The van der Waals surface area contributed by atoms with Crippen LogP contribution in [0.1, 0.15) is 16.4 Å². The molecule has 24 heavy (non-hydrogen) atoms. The second-order valence-electron chi connectivity index (χ2n) is 4.93. The van der Waals surface area contributed by atoms with Gasteiger partial charge in [-0.25, -0.2) is 0 Å². The summed E-state index contributed by atoms with van der Waals surface area (Å²) in [6.07, 6.45) is 5.08. The molecule has 7 heteroatoms. The monoisotopic (exact) mass is 342 g/mol. The van der Waals surface area contributed by atoms with Crippen LogP contribution >= 0.6 is 12.2 Å². The van der Waals surface area contributed by atoms with Gasteiger partial charge < -0.3 is 5.32 Å². The lowest BCUT2D eigenvalue weighted by atomic mass is 10.0. The fraction of sp³-hybridized carbons (Fsp3) is 0.118. The van der Waals surface area contributed by atoms with Crippen molar-refractivity contribution < 1.29 is 14.3 Å². The van der Waals surface area contributed by atoms with Gasteiger partial charge >= 0.3 is 0 Å². The van der Waals surface area contributed by atoms with Gasteiger partial charge in [0.15, 0.2) is 17.4 Å². The Morgan fingerprint density at radius 1 is 1.33 bits per heavy atom. The Hall–Kier alpha value is -2.93. The maximum absolute atomic E-state index is 12.9. The molecule has 0 amide bonds. The van der Waals surface area contributed by atoms with Gasteiger partial charge in [-0.3, -0.25) is 14.9 Å². The Kier molecular flexibility index (Phi) is 5.86. The third kappa shape index (κ3) is 4.08. The largest absolute Gasteiger partial charge is 0.370 e. The van der Waals surface area contributed by atoms with Crippen molar-refractivity contribution >= 4 is 28.7 Å². The van der Waals surface area contributed by atoms with Crippen LogP contribution in [0.5, 0.6) is 0 Å². The Morgan fingerprint density at radius 3 is 2.67 bits per heavy atom. The van der Waals surface area contributed by atoms with Gasteiger partial charge in [0.05, 0.1) is 4.92 Å². The minimum Gasteiger partial charge on any atom is -0.370 e. The summed E-state index contributed by atoms with van der Waals surface area (Å²) in [5, 5.41) is 13.9. The summed E-state index contributed by atoms with van der Waals surface area (Å²) in [4.78, 5) is 23.6. The first-order valence-corrected chi connectivity index (χ1v) is 7.58. The maximum atomic E-state index is 12.9. The number of aromatic nitrogens is 1. The summed E-state index contributed by atoms with van der Waals surface area (Å²) in [5.74, 6) is -0.323. The van der Waals surface area contributed by atoms with E-state index in [1.165, 1.54) is 18.2 Å². The third-order valence-corrected chi connectivity index (χ3v) is 3.66. The molecule has 0 bridgehead atoms. The molecule has 2 rings (SSSR count). The molecule has 1 aromatic carbocycles. The highest BCUT2D eigenvalue weighted by atomic mass is 32.1. The summed E-state index contributed by atoms with van der Waals surface area (Å²) in [6.45, 7) is 4.03. The highest BCUT2D eigenvalue weighted by Crippen LogP contribution is 2.17. The topological polar surface area (TPSA) is 76.1 Å². The lowest BCUT2D eigenvalue weighted by Crippen LogP contribution is -2.51. The van der Waals surface area contributed by atoms with E-state index in [-0.39, 0.29) is 17.0 Å². The number of hydrogen-bond acceptors (Lipinski definition) is 4. The van der Waals surface area contributed by atoms with Crippen LogP contribution in [-0.4, -0.2) is 22.2 Å². The molecule has 0 fully saturated rings. The van der Waals surface area contributed by atoms with Crippen molar-refractivity contribution in [3.05, 3.63) is 83.2 Å². The summed E-state index contributed by atoms with van der Waals surface area (Å²) in [7, 11) is 0. The number of nitrogens with zero attached hydrogens (tertiary/aromatic N) is 2. The zero-order valence-electron chi connectivity index (χ0n) is 12.8. The van der Waals surface area contributed by atoms with E-state index in [0.29, 0.717) is 11.5 Å². The first-order valence-electron chi connectivity index (χ1n) is 7.17. The molecule has 1 unspecified atom stereocenters. The summed E-state index contributed by atoms with van der Waals surface area (Å²) >= 11 is 5.35. The van der Waals surface area contributed by atoms with E-state index in [1.54, 1.807) is 41.2 Å². The molecular weight excluding hydrogens is 326 g/mol. The lowest BCUT2D eigenvalue weighted by Gasteiger charge is -2.13. The molecule has 122 valence electrons. The standard InChI is InChI=1S/C17H15N3O3S/c1-2-9-18-17(24)15(19-10-4-3-5-11-19)16(21)13-7-6-8-14(12-13)20(22)23/h2-8,10-12,15H,1,9H2/p+1. The third-order valence-electron chi connectivity index (χ3n) is 3.30. The molecule has 0 radical (unpaired) electrons. The van der Waals surface area contributed by atoms with Gasteiger partial charge in [-0.05, 0) is 0 Å². The van der Waals surface area contributed by atoms with Crippen LogP contribution in [0.2, 0.25) is 0 Å². The number of pyridine rings is 1. The number of non-ortho nitro benzene ring substituents is 1. The van der Waals surface area contributed by atoms with E-state index < -0.39 is 11.0 Å². The van der Waals surface area contributed by atoms with Gasteiger partial charge in [-0.2, -0.15) is 4.57 Å². The number of Topliss-reactive ketones (excluding diaryl/α,β-unsaturated/α-hetero) is 1. The number of carbonyl (C=O) groups is 1. The second kappa shape index (κ2) is 8.07. The number of nitro benzene ring substituents is 1. The van der Waals surface area contributed by atoms with Crippen molar-refractivity contribution in [2.45, 2.75) is 6.04 Å². The average Bonchev–Trinajstić information content (AvgIpc) is 2.61. The first kappa shape index (κ1) is 17.4. The predicted octanol–water partition coefficient (Wildman–Crippen LogP) is 2.41. The van der Waals surface area contributed by atoms with E-state index in [4.69, 9.17) is 12.2 Å². The van der Waals surface area contributed by atoms with E-state index in [1.807, 2.05) is 6.07 Å². The van der Waals surface area contributed by atoms with Crippen LogP contribution < -0.4 is 9.88 Å². The van der Waals surface area contributed by atoms with Crippen molar-refractivity contribution in [1.82, 2.24) is 5.32 Å². The fourth-order valence-electron chi connectivity index (χ4n) is 2.17. The Bertz CT molecular complexity index is 778. The number of benzene rings is 1. The zero-order valence-corrected chi connectivity index (χ0v) is 13.6. The molecular formula is C17H16N3O3S+. The van der Waals surface area contributed by atoms with Gasteiger partial charge in [0.2, 0.25) is 5.78 Å². The van der Waals surface area contributed by atoms with Gasteiger partial charge in [0.25, 0.3) is 11.7 Å². The smallest absolute Gasteiger partial charge is 0.270 e. The van der Waals surface area contributed by atoms with Crippen LogP contribution in [0.3, 0.4) is 0 Å². The molecule has 1 aromatic heterocycles. The summed E-state index contributed by atoms with van der Waals surface area (Å²) in [5.41, 5.74) is 0.0935. The van der Waals surface area contributed by atoms with Gasteiger partial charge in [0, 0.05) is 36.4 Å². The van der Waals surface area contributed by atoms with Crippen molar-refractivity contribution in [1.29, 1.82) is 0 Å². The SMILES string of the molecule is C=CCNC(=S)C(C(=O)c1cccc([N+](=O)[O-])c1)[n+]1ccccc1. The van der Waals surface area contributed by atoms with Gasteiger partial charge in [-0.15, -0.1) is 6.58 Å². The van der Waals surface area contributed by atoms with Gasteiger partial charge in [-0.1, -0.05) is 36.5 Å². The molecule has 0 aliphatic carbocycles. The number of ketones is 1. The Labute approximate surface area is 144 Å². The molecule has 0 aliphatic heterocycles. The predicted molar refractivity (Wildman–Crippen MR) is 93.9 cm³/mol. The van der Waals surface area contributed by atoms with E-state index >= 15 is 0 Å². The van der Waals surface area contributed by atoms with E-state index in [9.17, 15) is 14.9 Å². The minimum absolute atomic E-state index is 0.136. The minimum atomic E-state index is -0.789. The van der Waals surface area contributed by atoms with Crippen molar-refractivity contribution in [2.24, 2.45) is 0 Å². The second-order valence-corrected chi connectivity index (χ2v) is 5.37. The van der Waals surface area contributed by atoms with Crippen LogP contribution in [0.15, 0.2) is 67.5 Å². The van der Waals surface area contributed by atoms with Crippen molar-refractivity contribution in [3.63, 3.8) is 0 Å². The maximum Gasteiger partial charge on any atom is 0.270 e. The number of thiocarbonyl (C=S) groups is 1. The Balaban J connectivity index is 2.41. The highest BCUT2D eigenvalue weighted by Gasteiger charge is 2.33. The van der Waals surface area contributed by atoms with E-state index in [2.05, 4.69) is 11.9 Å². The average molecular weight is 342 g/mol. The number of hydrogen-bond donors (Lipinski definition) is 1. The number of nitro groups is 1. The number of carbonyl (C=O) groups excluding carboxylic acids is 1. The molecule has 2 aromatic rings. The molecule has 1 N–H and O–H groups in total. The number of nitrogens with one attached hydrogen (secondary N) is 1. The first-order chi connectivity index (χ1) is 11.5. The molecule has 1 atom stereocenters. The zero-order chi connectivity index (χ0) is 17.5. The van der Waals surface area contributed by atoms with Gasteiger partial charge in [0.1, 0.15) is 0 Å². The normalized spacial score (nSPS) is 11.3. The number of rotatable bonds is 7. The Morgan fingerprint density at radius 2 is 2.04 bits per heavy atom. The molecule has 0 saturated carbocycles. The quantitative estimate of drug-likeness (QED) is 0.209. The molecule has 0 spiro atoms.